The maximum Gasteiger partial charge on any atom is 0.0816 e. The summed E-state index contributed by atoms with van der Waals surface area (Å²) >= 11 is 0. The van der Waals surface area contributed by atoms with Gasteiger partial charge in [0, 0.05) is 19.0 Å². The summed E-state index contributed by atoms with van der Waals surface area (Å²) in [5.74, 6) is 0.604. The molecule has 1 saturated carbocycles. The average Bonchev–Trinajstić information content (AvgIpc) is 2.09. The lowest BCUT2D eigenvalue weighted by Gasteiger charge is -1.97. The minimum atomic E-state index is -0.250. The molecule has 0 unspecified atom stereocenters. The van der Waals surface area contributed by atoms with Crippen molar-refractivity contribution in [1.82, 2.24) is 5.32 Å². The lowest BCUT2D eigenvalue weighted by atomic mass is 10.3. The van der Waals surface area contributed by atoms with E-state index in [1.54, 1.807) is 0 Å². The summed E-state index contributed by atoms with van der Waals surface area (Å²) in [6.45, 7) is 1.87. The standard InChI is InChI=1S/C5H9NO/c7-5-1-4(5)2-6-3-5/h4,6-7H,1-3H2/t4-,5+/m1/s1. The van der Waals surface area contributed by atoms with Crippen LogP contribution >= 0.6 is 0 Å². The van der Waals surface area contributed by atoms with E-state index in [4.69, 9.17) is 0 Å². The highest BCUT2D eigenvalue weighted by atomic mass is 16.3. The fraction of sp³-hybridized carbons (Fsp3) is 1.00. The Morgan fingerprint density at radius 1 is 1.71 bits per heavy atom. The number of rotatable bonds is 0. The predicted octanol–water partition coefficient (Wildman–Crippen LogP) is -0.659. The number of nitrogens with one attached hydrogen (secondary N) is 1. The van der Waals surface area contributed by atoms with E-state index in [9.17, 15) is 5.11 Å². The quantitative estimate of drug-likeness (QED) is 0.422. The van der Waals surface area contributed by atoms with Crippen LogP contribution in [0.5, 0.6) is 0 Å². The highest BCUT2D eigenvalue weighted by molar-refractivity contribution is 5.10. The van der Waals surface area contributed by atoms with Gasteiger partial charge in [-0.1, -0.05) is 0 Å². The molecule has 2 N–H and O–H groups in total. The number of piperidine rings is 1. The third-order valence-electron chi connectivity index (χ3n) is 2.02. The Labute approximate surface area is 42.5 Å². The van der Waals surface area contributed by atoms with Crippen LogP contribution in [-0.4, -0.2) is 23.8 Å². The summed E-state index contributed by atoms with van der Waals surface area (Å²) in [5, 5.41) is 12.3. The Kier molecular flexibility index (Phi) is 0.474. The Bertz CT molecular complexity index is 102. The topological polar surface area (TPSA) is 32.3 Å². The average molecular weight is 99.1 g/mol. The van der Waals surface area contributed by atoms with E-state index in [0.717, 1.165) is 19.5 Å². The summed E-state index contributed by atoms with van der Waals surface area (Å²) in [7, 11) is 0. The summed E-state index contributed by atoms with van der Waals surface area (Å²) in [4.78, 5) is 0. The summed E-state index contributed by atoms with van der Waals surface area (Å²) in [6, 6.07) is 0. The third kappa shape index (κ3) is 0.359. The van der Waals surface area contributed by atoms with Gasteiger partial charge in [-0.25, -0.2) is 0 Å². The van der Waals surface area contributed by atoms with Gasteiger partial charge in [0.2, 0.25) is 0 Å². The Balaban J connectivity index is 2.17. The zero-order chi connectivity index (χ0) is 4.91. The molecular formula is C5H9NO. The maximum absolute atomic E-state index is 9.21. The first-order valence-corrected chi connectivity index (χ1v) is 2.74. The molecule has 2 nitrogen and oxygen atoms in total. The van der Waals surface area contributed by atoms with E-state index in [-0.39, 0.29) is 5.60 Å². The second kappa shape index (κ2) is 0.858. The van der Waals surface area contributed by atoms with E-state index in [2.05, 4.69) is 5.32 Å². The summed E-state index contributed by atoms with van der Waals surface area (Å²) < 4.78 is 0. The molecule has 0 spiro atoms. The molecule has 2 atom stereocenters. The molecule has 0 aromatic carbocycles. The molecule has 2 aliphatic rings. The maximum atomic E-state index is 9.21. The molecule has 0 aromatic heterocycles. The first-order valence-electron chi connectivity index (χ1n) is 2.74. The van der Waals surface area contributed by atoms with Crippen LogP contribution in [0.1, 0.15) is 6.42 Å². The molecule has 7 heavy (non-hydrogen) atoms. The molecule has 0 aromatic rings. The summed E-state index contributed by atoms with van der Waals surface area (Å²) in [6.07, 6.45) is 1.04. The van der Waals surface area contributed by atoms with Crippen molar-refractivity contribution in [3.8, 4) is 0 Å². The van der Waals surface area contributed by atoms with Gasteiger partial charge in [0.1, 0.15) is 0 Å². The molecule has 0 amide bonds. The molecule has 2 rings (SSSR count). The minimum absolute atomic E-state index is 0.250. The highest BCUT2D eigenvalue weighted by Gasteiger charge is 2.55. The van der Waals surface area contributed by atoms with Crippen molar-refractivity contribution in [1.29, 1.82) is 0 Å². The van der Waals surface area contributed by atoms with Crippen LogP contribution in [0, 0.1) is 5.92 Å². The van der Waals surface area contributed by atoms with Gasteiger partial charge >= 0.3 is 0 Å². The van der Waals surface area contributed by atoms with Crippen molar-refractivity contribution in [3.63, 3.8) is 0 Å². The van der Waals surface area contributed by atoms with Crippen LogP contribution in [0.4, 0.5) is 0 Å². The van der Waals surface area contributed by atoms with Gasteiger partial charge in [0.15, 0.2) is 0 Å². The van der Waals surface area contributed by atoms with E-state index >= 15 is 0 Å². The van der Waals surface area contributed by atoms with Crippen LogP contribution in [0.15, 0.2) is 0 Å². The van der Waals surface area contributed by atoms with Gasteiger partial charge in [-0.2, -0.15) is 0 Å². The van der Waals surface area contributed by atoms with Gasteiger partial charge in [0.25, 0.3) is 0 Å². The Morgan fingerprint density at radius 3 is 2.71 bits per heavy atom. The number of aliphatic hydroxyl groups is 1. The van der Waals surface area contributed by atoms with E-state index in [1.165, 1.54) is 0 Å². The van der Waals surface area contributed by atoms with Crippen LogP contribution in [0.2, 0.25) is 0 Å². The zero-order valence-electron chi connectivity index (χ0n) is 4.15. The highest BCUT2D eigenvalue weighted by Crippen LogP contribution is 2.45. The number of hydrogen-bond acceptors (Lipinski definition) is 2. The summed E-state index contributed by atoms with van der Waals surface area (Å²) in [5.41, 5.74) is -0.250. The van der Waals surface area contributed by atoms with Crippen molar-refractivity contribution >= 4 is 0 Å². The van der Waals surface area contributed by atoms with Crippen molar-refractivity contribution in [3.05, 3.63) is 0 Å². The monoisotopic (exact) mass is 99.1 g/mol. The third-order valence-corrected chi connectivity index (χ3v) is 2.02. The van der Waals surface area contributed by atoms with E-state index in [0.29, 0.717) is 5.92 Å². The molecule has 2 heteroatoms. The van der Waals surface area contributed by atoms with Gasteiger partial charge < -0.3 is 10.4 Å². The van der Waals surface area contributed by atoms with Crippen molar-refractivity contribution in [2.24, 2.45) is 5.92 Å². The molecular weight excluding hydrogens is 90.1 g/mol. The molecule has 1 aliphatic carbocycles. The van der Waals surface area contributed by atoms with Crippen molar-refractivity contribution in [2.75, 3.05) is 13.1 Å². The van der Waals surface area contributed by atoms with Crippen LogP contribution < -0.4 is 5.32 Å². The van der Waals surface area contributed by atoms with Crippen LogP contribution in [0.25, 0.3) is 0 Å². The zero-order valence-corrected chi connectivity index (χ0v) is 4.15. The molecule has 40 valence electrons. The van der Waals surface area contributed by atoms with Crippen LogP contribution in [-0.2, 0) is 0 Å². The molecule has 1 aliphatic heterocycles. The predicted molar refractivity (Wildman–Crippen MR) is 25.9 cm³/mol. The molecule has 2 fully saturated rings. The van der Waals surface area contributed by atoms with Gasteiger partial charge in [0.05, 0.1) is 5.60 Å². The second-order valence-corrected chi connectivity index (χ2v) is 2.64. The van der Waals surface area contributed by atoms with E-state index < -0.39 is 0 Å². The minimum Gasteiger partial charge on any atom is -0.388 e. The Hall–Kier alpha value is -0.0800. The van der Waals surface area contributed by atoms with Gasteiger partial charge in [-0.3, -0.25) is 0 Å². The first kappa shape index (κ1) is 3.87. The smallest absolute Gasteiger partial charge is 0.0816 e. The van der Waals surface area contributed by atoms with Crippen LogP contribution in [0.3, 0.4) is 0 Å². The first-order chi connectivity index (χ1) is 3.31. The molecule has 1 saturated heterocycles. The second-order valence-electron chi connectivity index (χ2n) is 2.64. The van der Waals surface area contributed by atoms with Gasteiger partial charge in [-0.05, 0) is 6.42 Å². The van der Waals surface area contributed by atoms with Crippen molar-refractivity contribution < 1.29 is 5.11 Å². The van der Waals surface area contributed by atoms with E-state index in [1.807, 2.05) is 0 Å². The van der Waals surface area contributed by atoms with Gasteiger partial charge in [-0.15, -0.1) is 0 Å². The fourth-order valence-corrected chi connectivity index (χ4v) is 1.31. The molecule has 1 heterocycles. The largest absolute Gasteiger partial charge is 0.388 e. The Morgan fingerprint density at radius 2 is 2.57 bits per heavy atom. The fourth-order valence-electron chi connectivity index (χ4n) is 1.31. The number of β-amino-alcohol motifs (C(OH)–C–C–N with tert-alkyl or cyclic N) is 1. The molecule has 0 bridgehead atoms. The number of fused-ring (bicyclic) bond motifs is 1. The molecule has 0 radical (unpaired) electrons. The number of hydrogen-bond donors (Lipinski definition) is 2. The SMILES string of the molecule is O[C@@]12CNC[C@H]1C2. The lowest BCUT2D eigenvalue weighted by Crippen LogP contribution is -2.19. The normalized spacial score (nSPS) is 57.0. The van der Waals surface area contributed by atoms with Crippen molar-refractivity contribution in [2.45, 2.75) is 12.0 Å². The lowest BCUT2D eigenvalue weighted by molar-refractivity contribution is 0.155.